The van der Waals surface area contributed by atoms with Crippen LogP contribution in [0.1, 0.15) is 11.4 Å². The molecule has 2 N–H and O–H groups in total. The predicted octanol–water partition coefficient (Wildman–Crippen LogP) is 4.92. The Hall–Kier alpha value is -3.74. The molecule has 0 unspecified atom stereocenters. The summed E-state index contributed by atoms with van der Waals surface area (Å²) in [4.78, 5) is 16.9. The lowest BCUT2D eigenvalue weighted by Gasteiger charge is -2.12. The normalized spacial score (nSPS) is 10.9. The van der Waals surface area contributed by atoms with E-state index >= 15 is 0 Å². The molecule has 0 aliphatic rings. The predicted molar refractivity (Wildman–Crippen MR) is 117 cm³/mol. The van der Waals surface area contributed by atoms with Crippen molar-refractivity contribution in [1.29, 1.82) is 0 Å². The highest BCUT2D eigenvalue weighted by molar-refractivity contribution is 5.89. The van der Waals surface area contributed by atoms with E-state index in [9.17, 15) is 13.6 Å². The van der Waals surface area contributed by atoms with E-state index in [1.54, 1.807) is 0 Å². The second-order valence-electron chi connectivity index (χ2n) is 7.16. The lowest BCUT2D eigenvalue weighted by atomic mass is 10.1. The zero-order valence-electron chi connectivity index (χ0n) is 16.8. The number of aromatic nitrogens is 2. The Morgan fingerprint density at radius 3 is 2.55 bits per heavy atom. The number of amides is 2. The number of carbonyl (C=O) groups excluding carboxylic acids is 1. The van der Waals surface area contributed by atoms with Crippen molar-refractivity contribution in [2.24, 2.45) is 0 Å². The molecule has 3 aromatic carbocycles. The van der Waals surface area contributed by atoms with E-state index in [1.165, 1.54) is 5.56 Å². The maximum absolute atomic E-state index is 13.7. The second kappa shape index (κ2) is 9.38. The number of rotatable bonds is 7. The van der Waals surface area contributed by atoms with Crippen LogP contribution in [0.3, 0.4) is 0 Å². The Morgan fingerprint density at radius 2 is 1.71 bits per heavy atom. The zero-order valence-corrected chi connectivity index (χ0v) is 16.8. The number of urea groups is 1. The molecule has 31 heavy (non-hydrogen) atoms. The number of benzene rings is 3. The van der Waals surface area contributed by atoms with Gasteiger partial charge in [-0.2, -0.15) is 0 Å². The van der Waals surface area contributed by atoms with Crippen molar-refractivity contribution in [3.05, 3.63) is 95.8 Å². The van der Waals surface area contributed by atoms with Crippen LogP contribution in [0.5, 0.6) is 0 Å². The van der Waals surface area contributed by atoms with Crippen LogP contribution in [0.4, 0.5) is 19.3 Å². The van der Waals surface area contributed by atoms with Crippen LogP contribution in [0.2, 0.25) is 0 Å². The van der Waals surface area contributed by atoms with Crippen molar-refractivity contribution < 1.29 is 13.6 Å². The number of fused-ring (bicyclic) bond motifs is 1. The first-order valence-corrected chi connectivity index (χ1v) is 10.1. The van der Waals surface area contributed by atoms with Crippen LogP contribution < -0.4 is 10.6 Å². The first kappa shape index (κ1) is 20.5. The molecule has 0 aliphatic heterocycles. The Bertz CT molecular complexity index is 1190. The topological polar surface area (TPSA) is 59.0 Å². The third kappa shape index (κ3) is 5.06. The number of hydrogen-bond donors (Lipinski definition) is 2. The smallest absolute Gasteiger partial charge is 0.319 e. The van der Waals surface area contributed by atoms with Crippen molar-refractivity contribution >= 4 is 22.8 Å². The fraction of sp³-hybridized carbons (Fsp3) is 0.167. The van der Waals surface area contributed by atoms with Crippen LogP contribution in [-0.4, -0.2) is 22.1 Å². The lowest BCUT2D eigenvalue weighted by Crippen LogP contribution is -2.32. The van der Waals surface area contributed by atoms with E-state index in [1.807, 2.05) is 42.5 Å². The molecular formula is C24H22F2N4O. The van der Waals surface area contributed by atoms with Gasteiger partial charge in [0.15, 0.2) is 0 Å². The van der Waals surface area contributed by atoms with Gasteiger partial charge in [0, 0.05) is 25.6 Å². The maximum Gasteiger partial charge on any atom is 0.319 e. The molecule has 5 nitrogen and oxygen atoms in total. The highest BCUT2D eigenvalue weighted by Gasteiger charge is 2.12. The van der Waals surface area contributed by atoms with Crippen LogP contribution in [0.15, 0.2) is 72.8 Å². The van der Waals surface area contributed by atoms with Crippen molar-refractivity contribution in [2.45, 2.75) is 19.4 Å². The minimum absolute atomic E-state index is 0.200. The number of carbonyl (C=O) groups is 1. The van der Waals surface area contributed by atoms with Gasteiger partial charge in [0.25, 0.3) is 0 Å². The van der Waals surface area contributed by atoms with Crippen LogP contribution in [-0.2, 0) is 19.4 Å². The van der Waals surface area contributed by atoms with Crippen molar-refractivity contribution in [3.8, 4) is 0 Å². The number of imidazole rings is 1. The molecule has 0 aliphatic carbocycles. The van der Waals surface area contributed by atoms with Gasteiger partial charge in [-0.1, -0.05) is 42.5 Å². The first-order chi connectivity index (χ1) is 15.1. The average molecular weight is 420 g/mol. The zero-order chi connectivity index (χ0) is 21.6. The lowest BCUT2D eigenvalue weighted by molar-refractivity contribution is 0.251. The summed E-state index contributed by atoms with van der Waals surface area (Å²) >= 11 is 0. The molecule has 0 fully saturated rings. The number of nitrogens with zero attached hydrogens (tertiary/aromatic N) is 2. The quantitative estimate of drug-likeness (QED) is 0.446. The minimum Gasteiger partial charge on any atom is -0.336 e. The van der Waals surface area contributed by atoms with Crippen LogP contribution in [0, 0.1) is 11.6 Å². The summed E-state index contributed by atoms with van der Waals surface area (Å²) in [6.45, 7) is 0.811. The highest BCUT2D eigenvalue weighted by atomic mass is 19.1. The Labute approximate surface area is 178 Å². The summed E-state index contributed by atoms with van der Waals surface area (Å²) in [6, 6.07) is 20.4. The van der Waals surface area contributed by atoms with Gasteiger partial charge in [-0.3, -0.25) is 0 Å². The Balaban J connectivity index is 1.42. The van der Waals surface area contributed by atoms with Crippen molar-refractivity contribution in [2.75, 3.05) is 11.9 Å². The number of halogens is 2. The molecule has 2 amide bonds. The summed E-state index contributed by atoms with van der Waals surface area (Å²) in [7, 11) is 0. The van der Waals surface area contributed by atoms with E-state index in [2.05, 4.69) is 27.3 Å². The molecule has 0 radical (unpaired) electrons. The minimum atomic E-state index is -0.694. The van der Waals surface area contributed by atoms with E-state index in [0.29, 0.717) is 13.1 Å². The molecule has 0 atom stereocenters. The van der Waals surface area contributed by atoms with Crippen molar-refractivity contribution in [3.63, 3.8) is 0 Å². The number of nitrogens with one attached hydrogen (secondary N) is 2. The summed E-state index contributed by atoms with van der Waals surface area (Å²) in [5.74, 6) is -0.381. The third-order valence-electron chi connectivity index (χ3n) is 5.01. The largest absolute Gasteiger partial charge is 0.336 e. The first-order valence-electron chi connectivity index (χ1n) is 10.1. The molecule has 1 heterocycles. The Morgan fingerprint density at radius 1 is 0.935 bits per heavy atom. The fourth-order valence-corrected chi connectivity index (χ4v) is 3.51. The van der Waals surface area contributed by atoms with Gasteiger partial charge in [0.2, 0.25) is 0 Å². The molecular weight excluding hydrogens is 398 g/mol. The fourth-order valence-electron chi connectivity index (χ4n) is 3.51. The summed E-state index contributed by atoms with van der Waals surface area (Å²) in [5.41, 5.74) is 2.92. The van der Waals surface area contributed by atoms with Gasteiger partial charge in [-0.25, -0.2) is 18.6 Å². The number of para-hydroxylation sites is 2. The molecule has 1 aromatic heterocycles. The Kier molecular flexibility index (Phi) is 6.21. The molecule has 0 saturated carbocycles. The van der Waals surface area contributed by atoms with E-state index < -0.39 is 17.7 Å². The average Bonchev–Trinajstić information content (AvgIpc) is 3.13. The molecule has 4 rings (SSSR count). The van der Waals surface area contributed by atoms with Gasteiger partial charge in [-0.15, -0.1) is 0 Å². The van der Waals surface area contributed by atoms with Crippen molar-refractivity contribution in [1.82, 2.24) is 14.9 Å². The number of hydrogen-bond acceptors (Lipinski definition) is 2. The van der Waals surface area contributed by atoms with E-state index in [-0.39, 0.29) is 5.69 Å². The second-order valence-corrected chi connectivity index (χ2v) is 7.16. The summed E-state index contributed by atoms with van der Waals surface area (Å²) in [6.07, 6.45) is 1.62. The molecule has 0 spiro atoms. The summed E-state index contributed by atoms with van der Waals surface area (Å²) in [5, 5.41) is 5.03. The maximum atomic E-state index is 13.7. The monoisotopic (exact) mass is 420 g/mol. The molecule has 158 valence electrons. The van der Waals surface area contributed by atoms with Gasteiger partial charge in [0.05, 0.1) is 16.7 Å². The number of aryl methyl sites for hydroxylation is 2. The van der Waals surface area contributed by atoms with Crippen LogP contribution in [0.25, 0.3) is 11.0 Å². The molecule has 0 bridgehead atoms. The molecule has 4 aromatic rings. The summed E-state index contributed by atoms with van der Waals surface area (Å²) < 4.78 is 29.1. The SMILES string of the molecule is O=C(NCCn1c(CCc2ccccc2)nc2ccccc21)Nc1cc(F)ccc1F. The molecule has 0 saturated heterocycles. The van der Waals surface area contributed by atoms with Gasteiger partial charge in [0.1, 0.15) is 17.5 Å². The van der Waals surface area contributed by atoms with Gasteiger partial charge >= 0.3 is 6.03 Å². The van der Waals surface area contributed by atoms with Gasteiger partial charge < -0.3 is 15.2 Å². The van der Waals surface area contributed by atoms with Gasteiger partial charge in [-0.05, 0) is 36.2 Å². The molecule has 7 heteroatoms. The van der Waals surface area contributed by atoms with E-state index in [0.717, 1.165) is 47.9 Å². The third-order valence-corrected chi connectivity index (χ3v) is 5.01. The highest BCUT2D eigenvalue weighted by Crippen LogP contribution is 2.18. The standard InChI is InChI=1S/C24H22F2N4O/c25-18-11-12-19(26)21(16-18)29-24(31)27-14-15-30-22-9-5-4-8-20(22)28-23(30)13-10-17-6-2-1-3-7-17/h1-9,11-12,16H,10,13-15H2,(H2,27,29,31). The van der Waals surface area contributed by atoms with Crippen LogP contribution >= 0.6 is 0 Å². The van der Waals surface area contributed by atoms with E-state index in [4.69, 9.17) is 4.98 Å². The number of anilines is 1.